The molecule has 0 aliphatic carbocycles. The van der Waals surface area contributed by atoms with E-state index in [9.17, 15) is 13.2 Å². The molecule has 1 atom stereocenters. The summed E-state index contributed by atoms with van der Waals surface area (Å²) >= 11 is 0. The first-order valence-corrected chi connectivity index (χ1v) is 7.03. The molecule has 2 aromatic rings. The summed E-state index contributed by atoms with van der Waals surface area (Å²) in [6.07, 6.45) is -2.73. The van der Waals surface area contributed by atoms with Crippen LogP contribution in [0.25, 0.3) is 0 Å². The van der Waals surface area contributed by atoms with Gasteiger partial charge in [0.05, 0.1) is 5.92 Å². The maximum atomic E-state index is 12.8. The summed E-state index contributed by atoms with van der Waals surface area (Å²) < 4.78 is 43.5. The molecule has 1 saturated heterocycles. The van der Waals surface area contributed by atoms with Crippen molar-refractivity contribution in [2.75, 3.05) is 18.0 Å². The van der Waals surface area contributed by atoms with Gasteiger partial charge in [0, 0.05) is 13.1 Å². The van der Waals surface area contributed by atoms with Gasteiger partial charge < -0.3 is 9.42 Å². The third-order valence-corrected chi connectivity index (χ3v) is 3.66. The maximum Gasteiger partial charge on any atom is 0.433 e. The van der Waals surface area contributed by atoms with Crippen LogP contribution in [0, 0.1) is 6.92 Å². The molecular weight excluding hydrogens is 297 g/mol. The molecule has 1 aliphatic rings. The minimum Gasteiger partial charge on any atom is -0.356 e. The van der Waals surface area contributed by atoms with Gasteiger partial charge in [0.1, 0.15) is 11.5 Å². The standard InChI is InChI=1S/C14H15F3N4O/c1-9-18-13(22-20-9)10-4-3-7-21(8-10)12-6-2-5-11(19-12)14(15,16)17/h2,5-6,10H,3-4,7-8H2,1H3. The minimum atomic E-state index is -4.44. The Morgan fingerprint density at radius 3 is 2.77 bits per heavy atom. The molecule has 0 amide bonds. The lowest BCUT2D eigenvalue weighted by Crippen LogP contribution is -2.35. The zero-order valence-corrected chi connectivity index (χ0v) is 12.0. The molecule has 1 fully saturated rings. The molecule has 0 saturated carbocycles. The van der Waals surface area contributed by atoms with Crippen LogP contribution in [0.15, 0.2) is 22.7 Å². The highest BCUT2D eigenvalue weighted by Crippen LogP contribution is 2.31. The quantitative estimate of drug-likeness (QED) is 0.852. The number of aryl methyl sites for hydroxylation is 1. The fourth-order valence-corrected chi connectivity index (χ4v) is 2.62. The predicted molar refractivity (Wildman–Crippen MR) is 72.5 cm³/mol. The number of hydrogen-bond donors (Lipinski definition) is 0. The van der Waals surface area contributed by atoms with E-state index in [1.165, 1.54) is 6.07 Å². The second kappa shape index (κ2) is 5.58. The highest BCUT2D eigenvalue weighted by atomic mass is 19.4. The van der Waals surface area contributed by atoms with Crippen LogP contribution in [0.4, 0.5) is 19.0 Å². The Kier molecular flexibility index (Phi) is 3.76. The van der Waals surface area contributed by atoms with Gasteiger partial charge in [-0.15, -0.1) is 0 Å². The topological polar surface area (TPSA) is 55.1 Å². The summed E-state index contributed by atoms with van der Waals surface area (Å²) in [5.41, 5.74) is -0.874. The van der Waals surface area contributed by atoms with E-state index in [0.29, 0.717) is 30.6 Å². The molecular formula is C14H15F3N4O. The van der Waals surface area contributed by atoms with Crippen LogP contribution in [0.5, 0.6) is 0 Å². The molecule has 118 valence electrons. The number of halogens is 3. The van der Waals surface area contributed by atoms with Crippen molar-refractivity contribution < 1.29 is 17.7 Å². The van der Waals surface area contributed by atoms with Gasteiger partial charge in [-0.25, -0.2) is 4.98 Å². The van der Waals surface area contributed by atoms with Crippen LogP contribution < -0.4 is 4.90 Å². The summed E-state index contributed by atoms with van der Waals surface area (Å²) in [4.78, 5) is 9.79. The Balaban J connectivity index is 1.80. The number of rotatable bonds is 2. The lowest BCUT2D eigenvalue weighted by molar-refractivity contribution is -0.141. The molecule has 3 rings (SSSR count). The summed E-state index contributed by atoms with van der Waals surface area (Å²) in [6.45, 7) is 2.93. The van der Waals surface area contributed by atoms with E-state index < -0.39 is 11.9 Å². The van der Waals surface area contributed by atoms with E-state index in [-0.39, 0.29) is 5.92 Å². The number of hydrogen-bond acceptors (Lipinski definition) is 5. The normalized spacial score (nSPS) is 19.5. The summed E-state index contributed by atoms with van der Waals surface area (Å²) in [5.74, 6) is 1.44. The molecule has 1 aliphatic heterocycles. The van der Waals surface area contributed by atoms with E-state index >= 15 is 0 Å². The number of pyridine rings is 1. The third-order valence-electron chi connectivity index (χ3n) is 3.66. The summed E-state index contributed by atoms with van der Waals surface area (Å²) in [7, 11) is 0. The molecule has 22 heavy (non-hydrogen) atoms. The first-order valence-electron chi connectivity index (χ1n) is 7.03. The Hall–Kier alpha value is -2.12. The van der Waals surface area contributed by atoms with Crippen molar-refractivity contribution in [1.82, 2.24) is 15.1 Å². The van der Waals surface area contributed by atoms with Crippen LogP contribution >= 0.6 is 0 Å². The first kappa shape index (κ1) is 14.8. The Labute approximate surface area is 125 Å². The van der Waals surface area contributed by atoms with E-state index in [1.807, 2.05) is 4.90 Å². The summed E-state index contributed by atoms with van der Waals surface area (Å²) in [5, 5.41) is 3.77. The van der Waals surface area contributed by atoms with Gasteiger partial charge in [-0.3, -0.25) is 0 Å². The molecule has 0 aromatic carbocycles. The fourth-order valence-electron chi connectivity index (χ4n) is 2.62. The van der Waals surface area contributed by atoms with Crippen molar-refractivity contribution in [1.29, 1.82) is 0 Å². The molecule has 2 aromatic heterocycles. The zero-order chi connectivity index (χ0) is 15.7. The number of alkyl halides is 3. The molecule has 3 heterocycles. The van der Waals surface area contributed by atoms with Crippen molar-refractivity contribution >= 4 is 5.82 Å². The summed E-state index contributed by atoms with van der Waals surface area (Å²) in [6, 6.07) is 3.95. The number of anilines is 1. The molecule has 0 spiro atoms. The molecule has 0 radical (unpaired) electrons. The van der Waals surface area contributed by atoms with Crippen molar-refractivity contribution in [2.24, 2.45) is 0 Å². The zero-order valence-electron chi connectivity index (χ0n) is 12.0. The van der Waals surface area contributed by atoms with Crippen LogP contribution in [-0.2, 0) is 6.18 Å². The van der Waals surface area contributed by atoms with E-state index in [4.69, 9.17) is 4.52 Å². The predicted octanol–water partition coefficient (Wildman–Crippen LogP) is 3.18. The van der Waals surface area contributed by atoms with E-state index in [0.717, 1.165) is 18.9 Å². The smallest absolute Gasteiger partial charge is 0.356 e. The number of aromatic nitrogens is 3. The van der Waals surface area contributed by atoms with Crippen LogP contribution in [0.2, 0.25) is 0 Å². The lowest BCUT2D eigenvalue weighted by atomic mass is 9.98. The molecule has 0 bridgehead atoms. The van der Waals surface area contributed by atoms with Crippen LogP contribution in [0.3, 0.4) is 0 Å². The maximum absolute atomic E-state index is 12.8. The fraction of sp³-hybridized carbons (Fsp3) is 0.500. The first-order chi connectivity index (χ1) is 10.4. The Morgan fingerprint density at radius 2 is 2.09 bits per heavy atom. The monoisotopic (exact) mass is 312 g/mol. The number of piperidine rings is 1. The van der Waals surface area contributed by atoms with E-state index in [2.05, 4.69) is 15.1 Å². The van der Waals surface area contributed by atoms with Gasteiger partial charge in [-0.2, -0.15) is 18.2 Å². The number of nitrogens with zero attached hydrogens (tertiary/aromatic N) is 4. The van der Waals surface area contributed by atoms with Gasteiger partial charge in [0.25, 0.3) is 0 Å². The average molecular weight is 312 g/mol. The second-order valence-corrected chi connectivity index (χ2v) is 5.34. The van der Waals surface area contributed by atoms with Gasteiger partial charge in [0.2, 0.25) is 5.89 Å². The molecule has 1 unspecified atom stereocenters. The Morgan fingerprint density at radius 1 is 1.27 bits per heavy atom. The SMILES string of the molecule is Cc1noc(C2CCCN(c3cccc(C(F)(F)F)n3)C2)n1. The lowest BCUT2D eigenvalue weighted by Gasteiger charge is -2.32. The van der Waals surface area contributed by atoms with Crippen LogP contribution in [0.1, 0.15) is 36.2 Å². The highest BCUT2D eigenvalue weighted by Gasteiger charge is 2.33. The second-order valence-electron chi connectivity index (χ2n) is 5.34. The Bertz CT molecular complexity index is 656. The molecule has 5 nitrogen and oxygen atoms in total. The van der Waals surface area contributed by atoms with Gasteiger partial charge in [-0.1, -0.05) is 11.2 Å². The van der Waals surface area contributed by atoms with Gasteiger partial charge in [-0.05, 0) is 31.9 Å². The third kappa shape index (κ3) is 3.05. The molecule has 0 N–H and O–H groups in total. The van der Waals surface area contributed by atoms with Crippen molar-refractivity contribution in [3.8, 4) is 0 Å². The molecule has 8 heteroatoms. The van der Waals surface area contributed by atoms with Crippen molar-refractivity contribution in [2.45, 2.75) is 31.9 Å². The highest BCUT2D eigenvalue weighted by molar-refractivity contribution is 5.40. The van der Waals surface area contributed by atoms with Gasteiger partial charge in [0.15, 0.2) is 5.82 Å². The average Bonchev–Trinajstić information content (AvgIpc) is 2.93. The van der Waals surface area contributed by atoms with Crippen LogP contribution in [-0.4, -0.2) is 28.2 Å². The van der Waals surface area contributed by atoms with E-state index in [1.54, 1.807) is 13.0 Å². The van der Waals surface area contributed by atoms with Gasteiger partial charge >= 0.3 is 6.18 Å². The largest absolute Gasteiger partial charge is 0.433 e. The van der Waals surface area contributed by atoms with Crippen molar-refractivity contribution in [3.05, 3.63) is 35.6 Å². The van der Waals surface area contributed by atoms with Crippen molar-refractivity contribution in [3.63, 3.8) is 0 Å². The minimum absolute atomic E-state index is 0.0197.